The Balaban J connectivity index is 1.70. The molecule has 0 unspecified atom stereocenters. The zero-order chi connectivity index (χ0) is 16.4. The first-order valence-electron chi connectivity index (χ1n) is 8.43. The third-order valence-electron chi connectivity index (χ3n) is 4.77. The average Bonchev–Trinajstić information content (AvgIpc) is 3.14. The molecule has 2 aliphatic rings. The Morgan fingerprint density at radius 2 is 2.17 bits per heavy atom. The maximum absolute atomic E-state index is 12.6. The molecule has 2 amide bonds. The van der Waals surface area contributed by atoms with Crippen molar-refractivity contribution < 1.29 is 9.59 Å². The Labute approximate surface area is 142 Å². The van der Waals surface area contributed by atoms with E-state index in [0.717, 1.165) is 29.8 Å². The van der Waals surface area contributed by atoms with Gasteiger partial charge in [0.05, 0.1) is 0 Å². The fourth-order valence-electron chi connectivity index (χ4n) is 3.63. The van der Waals surface area contributed by atoms with E-state index in [4.69, 9.17) is 0 Å². The van der Waals surface area contributed by atoms with E-state index in [-0.39, 0.29) is 17.9 Å². The Bertz CT molecular complexity index is 617. The molecule has 1 heterocycles. The molecule has 4 nitrogen and oxygen atoms in total. The maximum Gasteiger partial charge on any atom is 0.251 e. The number of nitrogens with zero attached hydrogens (tertiary/aromatic N) is 1. The summed E-state index contributed by atoms with van der Waals surface area (Å²) in [5.74, 6) is 1.17. The number of carbonyl (C=O) groups is 2. The molecule has 1 saturated carbocycles. The second-order valence-corrected chi connectivity index (χ2v) is 7.78. The summed E-state index contributed by atoms with van der Waals surface area (Å²) >= 11 is 1.95. The topological polar surface area (TPSA) is 49.4 Å². The smallest absolute Gasteiger partial charge is 0.251 e. The number of carbonyl (C=O) groups excluding carboxylic acids is 2. The molecular weight excluding hydrogens is 308 g/mol. The van der Waals surface area contributed by atoms with Gasteiger partial charge in [0.2, 0.25) is 5.91 Å². The van der Waals surface area contributed by atoms with Crippen molar-refractivity contribution in [2.24, 2.45) is 0 Å². The molecule has 3 rings (SSSR count). The molecule has 0 aromatic heterocycles. The van der Waals surface area contributed by atoms with Crippen LogP contribution in [0.2, 0.25) is 0 Å². The molecule has 0 radical (unpaired) electrons. The van der Waals surface area contributed by atoms with Gasteiger partial charge in [-0.15, -0.1) is 0 Å². The van der Waals surface area contributed by atoms with Gasteiger partial charge in [0.1, 0.15) is 0 Å². The normalized spacial score (nSPS) is 23.0. The van der Waals surface area contributed by atoms with Crippen molar-refractivity contribution in [1.82, 2.24) is 5.32 Å². The van der Waals surface area contributed by atoms with Gasteiger partial charge in [0, 0.05) is 36.0 Å². The van der Waals surface area contributed by atoms with Gasteiger partial charge < -0.3 is 10.2 Å². The minimum Gasteiger partial charge on any atom is -0.348 e. The zero-order valence-electron chi connectivity index (χ0n) is 13.8. The van der Waals surface area contributed by atoms with Crippen LogP contribution >= 0.6 is 11.8 Å². The van der Waals surface area contributed by atoms with Crippen LogP contribution in [-0.4, -0.2) is 35.4 Å². The van der Waals surface area contributed by atoms with Gasteiger partial charge in [0.15, 0.2) is 0 Å². The molecule has 0 spiro atoms. The van der Waals surface area contributed by atoms with Gasteiger partial charge in [-0.1, -0.05) is 13.3 Å². The van der Waals surface area contributed by atoms with Gasteiger partial charge in [0.25, 0.3) is 5.91 Å². The molecule has 1 aromatic carbocycles. The molecular formula is C18H24N2O2S. The molecule has 1 fully saturated rings. The first kappa shape index (κ1) is 16.4. The Hall–Kier alpha value is -1.49. The minimum atomic E-state index is 0.0164. The van der Waals surface area contributed by atoms with Crippen LogP contribution in [0.3, 0.4) is 0 Å². The van der Waals surface area contributed by atoms with E-state index in [2.05, 4.69) is 12.2 Å². The molecule has 0 bridgehead atoms. The van der Waals surface area contributed by atoms with Crippen molar-refractivity contribution in [2.45, 2.75) is 50.8 Å². The van der Waals surface area contributed by atoms with E-state index < -0.39 is 0 Å². The summed E-state index contributed by atoms with van der Waals surface area (Å²) in [5, 5.41) is 3.76. The van der Waals surface area contributed by atoms with Crippen LogP contribution in [-0.2, 0) is 11.2 Å². The highest BCUT2D eigenvalue weighted by molar-refractivity contribution is 7.99. The molecule has 1 N–H and O–H groups in total. The number of fused-ring (bicyclic) bond motifs is 1. The molecule has 5 heteroatoms. The van der Waals surface area contributed by atoms with Crippen LogP contribution in [0.15, 0.2) is 18.2 Å². The van der Waals surface area contributed by atoms with E-state index in [1.807, 2.05) is 30.0 Å². The fourth-order valence-corrected chi connectivity index (χ4v) is 4.82. The standard InChI is InChI=1S/C18H24N2O2S/c1-3-23-17-6-4-5-15(17)19-18(22)14-7-8-16-13(11-14)9-10-20(16)12(2)21/h7-8,11,15,17H,3-6,9-10H2,1-2H3,(H,19,22)/t15-,17+/m1/s1. The molecule has 1 aliphatic heterocycles. The van der Waals surface area contributed by atoms with E-state index >= 15 is 0 Å². The van der Waals surface area contributed by atoms with E-state index in [0.29, 0.717) is 17.4 Å². The zero-order valence-corrected chi connectivity index (χ0v) is 14.6. The SMILES string of the molecule is CCS[C@H]1CCC[C@H]1NC(=O)c1ccc2c(c1)CCN2C(C)=O. The lowest BCUT2D eigenvalue weighted by Crippen LogP contribution is -2.38. The van der Waals surface area contributed by atoms with Crippen LogP contribution in [0, 0.1) is 0 Å². The van der Waals surface area contributed by atoms with Gasteiger partial charge in [-0.2, -0.15) is 11.8 Å². The Morgan fingerprint density at radius 1 is 1.35 bits per heavy atom. The van der Waals surface area contributed by atoms with E-state index in [1.54, 1.807) is 11.8 Å². The van der Waals surface area contributed by atoms with Crippen molar-refractivity contribution in [3.63, 3.8) is 0 Å². The van der Waals surface area contributed by atoms with Crippen molar-refractivity contribution in [3.8, 4) is 0 Å². The predicted octanol–water partition coefficient (Wildman–Crippen LogP) is 3.00. The van der Waals surface area contributed by atoms with Crippen LogP contribution < -0.4 is 10.2 Å². The van der Waals surface area contributed by atoms with Crippen LogP contribution in [0.1, 0.15) is 49.0 Å². The molecule has 23 heavy (non-hydrogen) atoms. The van der Waals surface area contributed by atoms with E-state index in [1.165, 1.54) is 12.8 Å². The molecule has 1 aromatic rings. The lowest BCUT2D eigenvalue weighted by Gasteiger charge is -2.20. The van der Waals surface area contributed by atoms with Gasteiger partial charge in [-0.05, 0) is 48.8 Å². The quantitative estimate of drug-likeness (QED) is 0.922. The first-order valence-corrected chi connectivity index (χ1v) is 9.48. The van der Waals surface area contributed by atoms with Crippen molar-refractivity contribution in [1.29, 1.82) is 0 Å². The van der Waals surface area contributed by atoms with Crippen LogP contribution in [0.25, 0.3) is 0 Å². The number of amides is 2. The van der Waals surface area contributed by atoms with Crippen molar-refractivity contribution >= 4 is 29.3 Å². The molecule has 2 atom stereocenters. The van der Waals surface area contributed by atoms with Gasteiger partial charge in [-0.3, -0.25) is 9.59 Å². The number of hydrogen-bond donors (Lipinski definition) is 1. The van der Waals surface area contributed by atoms with Gasteiger partial charge >= 0.3 is 0 Å². The summed E-state index contributed by atoms with van der Waals surface area (Å²) in [5.41, 5.74) is 2.76. The number of benzene rings is 1. The Kier molecular flexibility index (Phi) is 4.95. The number of hydrogen-bond acceptors (Lipinski definition) is 3. The Morgan fingerprint density at radius 3 is 2.91 bits per heavy atom. The van der Waals surface area contributed by atoms with Gasteiger partial charge in [-0.25, -0.2) is 0 Å². The maximum atomic E-state index is 12.6. The minimum absolute atomic E-state index is 0.0164. The highest BCUT2D eigenvalue weighted by atomic mass is 32.2. The largest absolute Gasteiger partial charge is 0.348 e. The third kappa shape index (κ3) is 3.39. The highest BCUT2D eigenvalue weighted by Gasteiger charge is 2.29. The second-order valence-electron chi connectivity index (χ2n) is 6.27. The molecule has 124 valence electrons. The predicted molar refractivity (Wildman–Crippen MR) is 95.2 cm³/mol. The summed E-state index contributed by atoms with van der Waals surface area (Å²) in [6, 6.07) is 5.98. The van der Waals surface area contributed by atoms with E-state index in [9.17, 15) is 9.59 Å². The van der Waals surface area contributed by atoms with Crippen LogP contribution in [0.4, 0.5) is 5.69 Å². The monoisotopic (exact) mass is 332 g/mol. The number of nitrogens with one attached hydrogen (secondary N) is 1. The van der Waals surface area contributed by atoms with Crippen molar-refractivity contribution in [3.05, 3.63) is 29.3 Å². The van der Waals surface area contributed by atoms with Crippen molar-refractivity contribution in [2.75, 3.05) is 17.2 Å². The number of anilines is 1. The number of thioether (sulfide) groups is 1. The highest BCUT2D eigenvalue weighted by Crippen LogP contribution is 2.31. The third-order valence-corrected chi connectivity index (χ3v) is 6.09. The average molecular weight is 332 g/mol. The fraction of sp³-hybridized carbons (Fsp3) is 0.556. The van der Waals surface area contributed by atoms with Crippen LogP contribution in [0.5, 0.6) is 0 Å². The summed E-state index contributed by atoms with van der Waals surface area (Å²) in [4.78, 5) is 25.9. The summed E-state index contributed by atoms with van der Waals surface area (Å²) in [6.07, 6.45) is 4.29. The second kappa shape index (κ2) is 6.95. The molecule has 1 aliphatic carbocycles. The lowest BCUT2D eigenvalue weighted by molar-refractivity contribution is -0.116. The first-order chi connectivity index (χ1) is 11.1. The lowest BCUT2D eigenvalue weighted by atomic mass is 10.1. The number of rotatable bonds is 4. The molecule has 0 saturated heterocycles. The summed E-state index contributed by atoms with van der Waals surface area (Å²) in [6.45, 7) is 4.47. The summed E-state index contributed by atoms with van der Waals surface area (Å²) in [7, 11) is 0. The summed E-state index contributed by atoms with van der Waals surface area (Å²) < 4.78 is 0.